The van der Waals surface area contributed by atoms with Gasteiger partial charge in [0.2, 0.25) is 0 Å². The summed E-state index contributed by atoms with van der Waals surface area (Å²) in [6.45, 7) is 5.12. The molecular formula is C20H22Cl2N2O3. The van der Waals surface area contributed by atoms with Gasteiger partial charge in [0.05, 0.1) is 0 Å². The summed E-state index contributed by atoms with van der Waals surface area (Å²) in [4.78, 5) is 26.7. The van der Waals surface area contributed by atoms with Crippen molar-refractivity contribution in [3.8, 4) is 0 Å². The highest BCUT2D eigenvalue weighted by molar-refractivity contribution is 6.35. The fourth-order valence-electron chi connectivity index (χ4n) is 2.87. The summed E-state index contributed by atoms with van der Waals surface area (Å²) in [6, 6.07) is 9.36. The lowest BCUT2D eigenvalue weighted by molar-refractivity contribution is -0.143. The molecular weight excluding hydrogens is 387 g/mol. The van der Waals surface area contributed by atoms with Gasteiger partial charge in [-0.15, -0.1) is 0 Å². The van der Waals surface area contributed by atoms with Gasteiger partial charge in [-0.1, -0.05) is 47.5 Å². The van der Waals surface area contributed by atoms with Crippen molar-refractivity contribution in [1.29, 1.82) is 0 Å². The van der Waals surface area contributed by atoms with Crippen LogP contribution in [-0.4, -0.2) is 35.0 Å². The summed E-state index contributed by atoms with van der Waals surface area (Å²) >= 11 is 12.3. The number of hydrogen-bond donors (Lipinski definition) is 2. The third-order valence-corrected chi connectivity index (χ3v) is 4.89. The zero-order valence-corrected chi connectivity index (χ0v) is 17.1. The van der Waals surface area contributed by atoms with Crippen molar-refractivity contribution in [2.75, 3.05) is 12.4 Å². The lowest BCUT2D eigenvalue weighted by atomic mass is 10.0. The van der Waals surface area contributed by atoms with Crippen LogP contribution in [0.3, 0.4) is 0 Å². The zero-order chi connectivity index (χ0) is 20.3. The van der Waals surface area contributed by atoms with Gasteiger partial charge in [-0.25, -0.2) is 0 Å². The normalized spacial score (nSPS) is 13.0. The molecule has 0 aliphatic rings. The second kappa shape index (κ2) is 8.74. The summed E-state index contributed by atoms with van der Waals surface area (Å²) in [5.74, 6) is -1.03. The number of para-hydroxylation sites is 1. The van der Waals surface area contributed by atoms with E-state index in [0.717, 1.165) is 11.1 Å². The number of aryl methyl sites for hydroxylation is 2. The number of hydrogen-bond acceptors (Lipinski definition) is 3. The first kappa shape index (κ1) is 21.2. The zero-order valence-electron chi connectivity index (χ0n) is 15.6. The Morgan fingerprint density at radius 1 is 1.11 bits per heavy atom. The molecule has 0 bridgehead atoms. The monoisotopic (exact) mass is 408 g/mol. The van der Waals surface area contributed by atoms with Crippen LogP contribution in [0.15, 0.2) is 36.4 Å². The molecule has 144 valence electrons. The van der Waals surface area contributed by atoms with E-state index < -0.39 is 24.0 Å². The van der Waals surface area contributed by atoms with E-state index in [-0.39, 0.29) is 5.02 Å². The minimum absolute atomic E-state index is 0.259. The number of carbonyl (C=O) groups excluding carboxylic acids is 2. The molecule has 7 heteroatoms. The molecule has 0 spiro atoms. The molecule has 2 aromatic carbocycles. The molecule has 5 nitrogen and oxygen atoms in total. The van der Waals surface area contributed by atoms with Crippen LogP contribution >= 0.6 is 23.2 Å². The number of nitrogens with one attached hydrogen (secondary N) is 1. The van der Waals surface area contributed by atoms with Crippen molar-refractivity contribution in [3.05, 3.63) is 63.1 Å². The molecule has 2 aromatic rings. The van der Waals surface area contributed by atoms with Gasteiger partial charge in [-0.3, -0.25) is 9.59 Å². The smallest absolute Gasteiger partial charge is 0.251 e. The number of amides is 2. The molecule has 0 saturated heterocycles. The minimum atomic E-state index is -1.25. The molecule has 2 rings (SSSR count). The Kier molecular flexibility index (Phi) is 6.87. The van der Waals surface area contributed by atoms with Crippen molar-refractivity contribution >= 4 is 40.7 Å². The number of aliphatic hydroxyl groups is 1. The number of rotatable bonds is 5. The lowest BCUT2D eigenvalue weighted by Gasteiger charge is -2.29. The standard InChI is InChI=1S/C20H22Cl2N2O3/c1-11-6-5-7-12(2)17(11)23-19(26)18(24(4)20(27)13(3)25)15-9-8-14(21)10-16(15)22/h5-10,13,18,25H,1-4H3,(H,23,26)/t13-,18+/m0/s1. The van der Waals surface area contributed by atoms with Crippen LogP contribution in [0.4, 0.5) is 5.69 Å². The van der Waals surface area contributed by atoms with Crippen LogP contribution in [0.1, 0.15) is 29.7 Å². The maximum Gasteiger partial charge on any atom is 0.251 e. The van der Waals surface area contributed by atoms with Gasteiger partial charge >= 0.3 is 0 Å². The molecule has 0 aliphatic carbocycles. The Bertz CT molecular complexity index is 848. The first-order valence-corrected chi connectivity index (χ1v) is 9.15. The minimum Gasteiger partial charge on any atom is -0.384 e. The fourth-order valence-corrected chi connectivity index (χ4v) is 3.39. The fraction of sp³-hybridized carbons (Fsp3) is 0.300. The quantitative estimate of drug-likeness (QED) is 0.780. The van der Waals surface area contributed by atoms with E-state index in [9.17, 15) is 14.7 Å². The topological polar surface area (TPSA) is 69.6 Å². The average Bonchev–Trinajstić information content (AvgIpc) is 2.59. The molecule has 2 N–H and O–H groups in total. The first-order valence-electron chi connectivity index (χ1n) is 8.40. The Morgan fingerprint density at radius 2 is 1.70 bits per heavy atom. The molecule has 0 saturated carbocycles. The Hall–Kier alpha value is -2.08. The molecule has 0 aromatic heterocycles. The lowest BCUT2D eigenvalue weighted by Crippen LogP contribution is -2.42. The first-order chi connectivity index (χ1) is 12.6. The SMILES string of the molecule is Cc1cccc(C)c1NC(=O)[C@@H](c1ccc(Cl)cc1Cl)N(C)C(=O)[C@H](C)O. The predicted molar refractivity (Wildman–Crippen MR) is 108 cm³/mol. The van der Waals surface area contributed by atoms with Crippen molar-refractivity contribution in [1.82, 2.24) is 4.90 Å². The van der Waals surface area contributed by atoms with Crippen LogP contribution in [0.25, 0.3) is 0 Å². The number of anilines is 1. The Balaban J connectivity index is 2.48. The van der Waals surface area contributed by atoms with Crippen LogP contribution < -0.4 is 5.32 Å². The van der Waals surface area contributed by atoms with Gasteiger partial charge < -0.3 is 15.3 Å². The van der Waals surface area contributed by atoms with E-state index in [1.807, 2.05) is 32.0 Å². The highest BCUT2D eigenvalue weighted by Gasteiger charge is 2.32. The van der Waals surface area contributed by atoms with Gasteiger partial charge in [0, 0.05) is 28.3 Å². The van der Waals surface area contributed by atoms with Gasteiger partial charge in [-0.05, 0) is 44.0 Å². The van der Waals surface area contributed by atoms with E-state index in [1.165, 1.54) is 24.9 Å². The van der Waals surface area contributed by atoms with Gasteiger partial charge in [0.25, 0.3) is 11.8 Å². The molecule has 0 unspecified atom stereocenters. The van der Waals surface area contributed by atoms with Crippen LogP contribution in [-0.2, 0) is 9.59 Å². The molecule has 27 heavy (non-hydrogen) atoms. The third-order valence-electron chi connectivity index (χ3n) is 4.33. The number of nitrogens with zero attached hydrogens (tertiary/aromatic N) is 1. The maximum absolute atomic E-state index is 13.1. The van der Waals surface area contributed by atoms with Gasteiger partial charge in [0.15, 0.2) is 0 Å². The summed E-state index contributed by atoms with van der Waals surface area (Å²) in [5, 5.41) is 13.2. The van der Waals surface area contributed by atoms with E-state index >= 15 is 0 Å². The second-order valence-corrected chi connectivity index (χ2v) is 7.29. The van der Waals surface area contributed by atoms with Gasteiger partial charge in [0.1, 0.15) is 12.1 Å². The highest BCUT2D eigenvalue weighted by atomic mass is 35.5. The Labute approximate surface area is 168 Å². The average molecular weight is 409 g/mol. The van der Waals surface area contributed by atoms with Crippen LogP contribution in [0.5, 0.6) is 0 Å². The molecule has 0 aliphatic heterocycles. The van der Waals surface area contributed by atoms with Crippen molar-refractivity contribution in [3.63, 3.8) is 0 Å². The number of likely N-dealkylation sites (N-methyl/N-ethyl adjacent to an activating group) is 1. The number of benzene rings is 2. The van der Waals surface area contributed by atoms with E-state index in [2.05, 4.69) is 5.32 Å². The summed E-state index contributed by atoms with van der Waals surface area (Å²) in [7, 11) is 1.45. The van der Waals surface area contributed by atoms with Crippen molar-refractivity contribution in [2.45, 2.75) is 32.9 Å². The summed E-state index contributed by atoms with van der Waals surface area (Å²) in [5.41, 5.74) is 2.89. The van der Waals surface area contributed by atoms with E-state index in [4.69, 9.17) is 23.2 Å². The largest absolute Gasteiger partial charge is 0.384 e. The van der Waals surface area contributed by atoms with Crippen molar-refractivity contribution in [2.24, 2.45) is 0 Å². The van der Waals surface area contributed by atoms with E-state index in [0.29, 0.717) is 16.3 Å². The molecule has 2 amide bonds. The second-order valence-electron chi connectivity index (χ2n) is 6.45. The van der Waals surface area contributed by atoms with Crippen LogP contribution in [0.2, 0.25) is 10.0 Å². The number of halogens is 2. The number of carbonyl (C=O) groups is 2. The third kappa shape index (κ3) is 4.80. The Morgan fingerprint density at radius 3 is 2.22 bits per heavy atom. The molecule has 0 heterocycles. The number of aliphatic hydroxyl groups excluding tert-OH is 1. The van der Waals surface area contributed by atoms with Crippen LogP contribution in [0, 0.1) is 13.8 Å². The molecule has 0 radical (unpaired) electrons. The van der Waals surface area contributed by atoms with Gasteiger partial charge in [-0.2, -0.15) is 0 Å². The predicted octanol–water partition coefficient (Wildman–Crippen LogP) is 4.13. The molecule has 2 atom stereocenters. The summed E-state index contributed by atoms with van der Waals surface area (Å²) < 4.78 is 0. The highest BCUT2D eigenvalue weighted by Crippen LogP contribution is 2.31. The molecule has 0 fully saturated rings. The van der Waals surface area contributed by atoms with Crippen molar-refractivity contribution < 1.29 is 14.7 Å². The maximum atomic E-state index is 13.1. The van der Waals surface area contributed by atoms with E-state index in [1.54, 1.807) is 12.1 Å². The summed E-state index contributed by atoms with van der Waals surface area (Å²) in [6.07, 6.45) is -1.25.